The van der Waals surface area contributed by atoms with Gasteiger partial charge in [0.1, 0.15) is 0 Å². The van der Waals surface area contributed by atoms with E-state index in [-0.39, 0.29) is 5.78 Å². The predicted molar refractivity (Wildman–Crippen MR) is 65.1 cm³/mol. The maximum atomic E-state index is 11.1. The highest BCUT2D eigenvalue weighted by Gasteiger charge is 2.11. The summed E-state index contributed by atoms with van der Waals surface area (Å²) in [5.74, 6) is 0.628. The number of allylic oxidation sites excluding steroid dienone is 4. The van der Waals surface area contributed by atoms with Crippen LogP contribution in [-0.2, 0) is 4.79 Å². The molecular formula is C14H15NO. The molecule has 0 unspecified atom stereocenters. The number of aromatic nitrogens is 1. The molecule has 0 amide bonds. The highest BCUT2D eigenvalue weighted by atomic mass is 16.1. The molecule has 1 aromatic rings. The molecule has 16 heavy (non-hydrogen) atoms. The average Bonchev–Trinajstić information content (AvgIpc) is 2.30. The number of carbonyl (C=O) groups excluding carboxylic acids is 1. The van der Waals surface area contributed by atoms with Gasteiger partial charge in [0.2, 0.25) is 0 Å². The first-order chi connectivity index (χ1) is 7.68. The number of hydrogen-bond donors (Lipinski definition) is 0. The first-order valence-corrected chi connectivity index (χ1v) is 5.54. The molecule has 2 nitrogen and oxygen atoms in total. The number of nitrogens with zero attached hydrogens (tertiary/aromatic N) is 1. The summed E-state index contributed by atoms with van der Waals surface area (Å²) in [6, 6.07) is 2.05. The molecule has 0 saturated carbocycles. The molecule has 1 aromatic heterocycles. The quantitative estimate of drug-likeness (QED) is 0.755. The first-order valence-electron chi connectivity index (χ1n) is 5.54. The zero-order chi connectivity index (χ0) is 11.5. The molecule has 0 aromatic carbocycles. The van der Waals surface area contributed by atoms with Crippen molar-refractivity contribution in [1.82, 2.24) is 4.98 Å². The molecule has 0 N–H and O–H groups in total. The maximum absolute atomic E-state index is 11.1. The van der Waals surface area contributed by atoms with Crippen LogP contribution in [0.4, 0.5) is 0 Å². The third-order valence-electron chi connectivity index (χ3n) is 2.76. The fraction of sp³-hybridized carbons (Fsp3) is 0.286. The van der Waals surface area contributed by atoms with Crippen LogP contribution in [0.5, 0.6) is 0 Å². The molecule has 0 saturated heterocycles. The predicted octanol–water partition coefficient (Wildman–Crippen LogP) is 3.12. The monoisotopic (exact) mass is 213 g/mol. The Balaban J connectivity index is 2.41. The van der Waals surface area contributed by atoms with E-state index >= 15 is 0 Å². The van der Waals surface area contributed by atoms with Crippen molar-refractivity contribution in [3.05, 3.63) is 47.8 Å². The Morgan fingerprint density at radius 1 is 1.31 bits per heavy atom. The van der Waals surface area contributed by atoms with E-state index in [4.69, 9.17) is 0 Å². The van der Waals surface area contributed by atoms with Gasteiger partial charge in [0, 0.05) is 24.4 Å². The van der Waals surface area contributed by atoms with Crippen molar-refractivity contribution in [2.75, 3.05) is 0 Å². The number of rotatable bonds is 2. The largest absolute Gasteiger partial charge is 0.295 e. The summed E-state index contributed by atoms with van der Waals surface area (Å²) in [5.41, 5.74) is 3.53. The lowest BCUT2D eigenvalue weighted by atomic mass is 9.92. The second kappa shape index (κ2) is 4.44. The molecule has 0 fully saturated rings. The fourth-order valence-corrected chi connectivity index (χ4v) is 1.88. The molecular weight excluding hydrogens is 198 g/mol. The Hall–Kier alpha value is -1.70. The van der Waals surface area contributed by atoms with E-state index in [1.54, 1.807) is 6.08 Å². The SMILES string of the molecule is CC(C)c1ccncc1C1=CCC(=O)C=C1. The van der Waals surface area contributed by atoms with Crippen molar-refractivity contribution in [2.24, 2.45) is 0 Å². The molecule has 2 rings (SSSR count). The number of ketones is 1. The lowest BCUT2D eigenvalue weighted by Gasteiger charge is -2.14. The minimum absolute atomic E-state index is 0.165. The summed E-state index contributed by atoms with van der Waals surface area (Å²) in [6.07, 6.45) is 9.70. The topological polar surface area (TPSA) is 30.0 Å². The highest BCUT2D eigenvalue weighted by molar-refractivity contribution is 5.98. The van der Waals surface area contributed by atoms with Crippen molar-refractivity contribution >= 4 is 11.4 Å². The number of pyridine rings is 1. The fourth-order valence-electron chi connectivity index (χ4n) is 1.88. The van der Waals surface area contributed by atoms with Gasteiger partial charge in [-0.25, -0.2) is 0 Å². The van der Waals surface area contributed by atoms with Crippen LogP contribution in [-0.4, -0.2) is 10.8 Å². The first kappa shape index (κ1) is 10.8. The van der Waals surface area contributed by atoms with Crippen molar-refractivity contribution in [1.29, 1.82) is 0 Å². The third kappa shape index (κ3) is 2.11. The molecule has 0 bridgehead atoms. The lowest BCUT2D eigenvalue weighted by molar-refractivity contribution is -0.113. The van der Waals surface area contributed by atoms with Gasteiger partial charge in [-0.15, -0.1) is 0 Å². The van der Waals surface area contributed by atoms with E-state index in [1.807, 2.05) is 30.6 Å². The Morgan fingerprint density at radius 3 is 2.75 bits per heavy atom. The summed E-state index contributed by atoms with van der Waals surface area (Å²) in [5, 5.41) is 0. The average molecular weight is 213 g/mol. The molecule has 0 atom stereocenters. The van der Waals surface area contributed by atoms with Crippen LogP contribution < -0.4 is 0 Å². The summed E-state index contributed by atoms with van der Waals surface area (Å²) in [6.45, 7) is 4.33. The smallest absolute Gasteiger partial charge is 0.159 e. The minimum atomic E-state index is 0.165. The van der Waals surface area contributed by atoms with Crippen LogP contribution in [0.3, 0.4) is 0 Å². The van der Waals surface area contributed by atoms with E-state index < -0.39 is 0 Å². The van der Waals surface area contributed by atoms with Gasteiger partial charge in [-0.3, -0.25) is 9.78 Å². The maximum Gasteiger partial charge on any atom is 0.159 e. The normalized spacial score (nSPS) is 15.4. The van der Waals surface area contributed by atoms with Crippen molar-refractivity contribution in [2.45, 2.75) is 26.2 Å². The Labute approximate surface area is 95.7 Å². The molecule has 0 radical (unpaired) electrons. The Kier molecular flexibility index (Phi) is 3.00. The molecule has 1 aliphatic rings. The Morgan fingerprint density at radius 2 is 2.12 bits per heavy atom. The second-order valence-electron chi connectivity index (χ2n) is 4.28. The van der Waals surface area contributed by atoms with Gasteiger partial charge in [0.25, 0.3) is 0 Å². The van der Waals surface area contributed by atoms with Crippen LogP contribution in [0.2, 0.25) is 0 Å². The summed E-state index contributed by atoms with van der Waals surface area (Å²) >= 11 is 0. The van der Waals surface area contributed by atoms with E-state index in [0.29, 0.717) is 12.3 Å². The summed E-state index contributed by atoms with van der Waals surface area (Å²) < 4.78 is 0. The highest BCUT2D eigenvalue weighted by Crippen LogP contribution is 2.27. The molecule has 0 spiro atoms. The second-order valence-corrected chi connectivity index (χ2v) is 4.28. The van der Waals surface area contributed by atoms with Crippen molar-refractivity contribution in [3.63, 3.8) is 0 Å². The molecule has 1 aliphatic carbocycles. The van der Waals surface area contributed by atoms with E-state index in [2.05, 4.69) is 18.8 Å². The van der Waals surface area contributed by atoms with Gasteiger partial charge in [-0.1, -0.05) is 26.0 Å². The van der Waals surface area contributed by atoms with Gasteiger partial charge < -0.3 is 0 Å². The third-order valence-corrected chi connectivity index (χ3v) is 2.76. The van der Waals surface area contributed by atoms with Gasteiger partial charge in [0.05, 0.1) is 0 Å². The van der Waals surface area contributed by atoms with Crippen LogP contribution in [0, 0.1) is 0 Å². The van der Waals surface area contributed by atoms with Crippen molar-refractivity contribution < 1.29 is 4.79 Å². The van der Waals surface area contributed by atoms with E-state index in [1.165, 1.54) is 5.56 Å². The molecule has 82 valence electrons. The zero-order valence-electron chi connectivity index (χ0n) is 9.60. The number of carbonyl (C=O) groups is 1. The molecule has 1 heterocycles. The minimum Gasteiger partial charge on any atom is -0.295 e. The van der Waals surface area contributed by atoms with Crippen LogP contribution >= 0.6 is 0 Å². The van der Waals surface area contributed by atoms with Crippen LogP contribution in [0.25, 0.3) is 5.57 Å². The van der Waals surface area contributed by atoms with Crippen LogP contribution in [0.15, 0.2) is 36.7 Å². The zero-order valence-corrected chi connectivity index (χ0v) is 9.60. The standard InChI is InChI=1S/C14H15NO/c1-10(2)13-7-8-15-9-14(13)11-3-5-12(16)6-4-11/h3-5,7-10H,6H2,1-2H3. The lowest BCUT2D eigenvalue weighted by Crippen LogP contribution is -2.00. The Bertz CT molecular complexity index is 469. The van der Waals surface area contributed by atoms with Crippen molar-refractivity contribution in [3.8, 4) is 0 Å². The van der Waals surface area contributed by atoms with E-state index in [9.17, 15) is 4.79 Å². The van der Waals surface area contributed by atoms with Gasteiger partial charge in [-0.2, -0.15) is 0 Å². The van der Waals surface area contributed by atoms with Gasteiger partial charge in [0.15, 0.2) is 5.78 Å². The number of hydrogen-bond acceptors (Lipinski definition) is 2. The van der Waals surface area contributed by atoms with Gasteiger partial charge >= 0.3 is 0 Å². The summed E-state index contributed by atoms with van der Waals surface area (Å²) in [4.78, 5) is 15.3. The molecule has 0 aliphatic heterocycles. The van der Waals surface area contributed by atoms with E-state index in [0.717, 1.165) is 11.1 Å². The molecule has 2 heteroatoms. The van der Waals surface area contributed by atoms with Crippen LogP contribution in [0.1, 0.15) is 37.3 Å². The van der Waals surface area contributed by atoms with Gasteiger partial charge in [-0.05, 0) is 29.2 Å². The summed E-state index contributed by atoms with van der Waals surface area (Å²) in [7, 11) is 0.